The molecule has 1 atom stereocenters. The van der Waals surface area contributed by atoms with Crippen LogP contribution in [-0.4, -0.2) is 29.6 Å². The zero-order valence-corrected chi connectivity index (χ0v) is 15.2. The zero-order valence-electron chi connectivity index (χ0n) is 13.7. The van der Waals surface area contributed by atoms with Crippen LogP contribution in [0.1, 0.15) is 17.3 Å². The number of ketones is 1. The average molecular weight is 419 g/mol. The SMILES string of the molecule is CCOC(=O)C(C=Nc1ccc(F)cc1F)C(=O)c1cnc(Cl)c(F)c1Cl. The first-order chi connectivity index (χ1) is 12.8. The topological polar surface area (TPSA) is 68.6 Å². The minimum absolute atomic E-state index is 0.0533. The number of hydrogen-bond acceptors (Lipinski definition) is 5. The van der Waals surface area contributed by atoms with Crippen LogP contribution in [0.5, 0.6) is 0 Å². The summed E-state index contributed by atoms with van der Waals surface area (Å²) >= 11 is 11.2. The van der Waals surface area contributed by atoms with E-state index in [1.807, 2.05) is 0 Å². The quantitative estimate of drug-likeness (QED) is 0.226. The van der Waals surface area contributed by atoms with Crippen molar-refractivity contribution in [2.75, 3.05) is 6.61 Å². The van der Waals surface area contributed by atoms with Crippen molar-refractivity contribution < 1.29 is 27.5 Å². The Morgan fingerprint density at radius 3 is 2.63 bits per heavy atom. The van der Waals surface area contributed by atoms with Crippen LogP contribution in [-0.2, 0) is 9.53 Å². The summed E-state index contributed by atoms with van der Waals surface area (Å²) in [5.74, 6) is -6.60. The molecule has 1 aromatic carbocycles. The summed E-state index contributed by atoms with van der Waals surface area (Å²) in [6.45, 7) is 1.45. The standard InChI is InChI=1S/C17H11Cl2F3N2O3/c1-2-27-17(26)10(7-23-12-4-3-8(20)5-11(12)21)15(25)9-6-24-16(19)14(22)13(9)18/h3-7,10H,2H2,1H3. The van der Waals surface area contributed by atoms with Gasteiger partial charge in [-0.3, -0.25) is 14.6 Å². The first-order valence-corrected chi connectivity index (χ1v) is 8.21. The molecule has 0 radical (unpaired) electrons. The number of aromatic nitrogens is 1. The van der Waals surface area contributed by atoms with Gasteiger partial charge in [0.1, 0.15) is 5.82 Å². The van der Waals surface area contributed by atoms with Gasteiger partial charge < -0.3 is 4.74 Å². The summed E-state index contributed by atoms with van der Waals surface area (Å²) in [5, 5.41) is -1.18. The number of Topliss-reactive ketones (excluding diaryl/α,β-unsaturated/α-hetero) is 1. The number of esters is 1. The molecule has 0 N–H and O–H groups in total. The molecule has 0 aliphatic carbocycles. The van der Waals surface area contributed by atoms with Crippen LogP contribution >= 0.6 is 23.2 Å². The van der Waals surface area contributed by atoms with Gasteiger partial charge in [-0.1, -0.05) is 23.2 Å². The number of carbonyl (C=O) groups excluding carboxylic acids is 2. The highest BCUT2D eigenvalue weighted by Crippen LogP contribution is 2.27. The van der Waals surface area contributed by atoms with Crippen molar-refractivity contribution in [2.24, 2.45) is 10.9 Å². The molecule has 10 heteroatoms. The van der Waals surface area contributed by atoms with E-state index in [4.69, 9.17) is 27.9 Å². The lowest BCUT2D eigenvalue weighted by Gasteiger charge is -2.12. The van der Waals surface area contributed by atoms with Crippen molar-refractivity contribution in [2.45, 2.75) is 6.92 Å². The van der Waals surface area contributed by atoms with E-state index in [0.29, 0.717) is 6.07 Å². The lowest BCUT2D eigenvalue weighted by atomic mass is 9.99. The maximum Gasteiger partial charge on any atom is 0.322 e. The predicted molar refractivity (Wildman–Crippen MR) is 93.2 cm³/mol. The number of rotatable bonds is 6. The summed E-state index contributed by atoms with van der Waals surface area (Å²) < 4.78 is 45.2. The van der Waals surface area contributed by atoms with E-state index in [2.05, 4.69) is 9.98 Å². The van der Waals surface area contributed by atoms with Crippen molar-refractivity contribution >= 4 is 46.9 Å². The number of benzene rings is 1. The summed E-state index contributed by atoms with van der Waals surface area (Å²) in [6.07, 6.45) is 1.70. The largest absolute Gasteiger partial charge is 0.465 e. The Morgan fingerprint density at radius 1 is 1.30 bits per heavy atom. The van der Waals surface area contributed by atoms with Crippen LogP contribution in [0.3, 0.4) is 0 Å². The number of carbonyl (C=O) groups is 2. The molecule has 0 amide bonds. The molecule has 2 rings (SSSR count). The molecule has 27 heavy (non-hydrogen) atoms. The Hall–Kier alpha value is -2.45. The van der Waals surface area contributed by atoms with Gasteiger partial charge in [0.05, 0.1) is 22.9 Å². The number of halogens is 5. The fraction of sp³-hybridized carbons (Fsp3) is 0.176. The maximum absolute atomic E-state index is 13.8. The highest BCUT2D eigenvalue weighted by molar-refractivity contribution is 6.37. The highest BCUT2D eigenvalue weighted by atomic mass is 35.5. The van der Waals surface area contributed by atoms with Gasteiger partial charge >= 0.3 is 5.97 Å². The normalized spacial score (nSPS) is 12.2. The van der Waals surface area contributed by atoms with E-state index >= 15 is 0 Å². The second-order valence-electron chi connectivity index (χ2n) is 5.06. The Balaban J connectivity index is 2.42. The molecule has 0 spiro atoms. The lowest BCUT2D eigenvalue weighted by molar-refractivity contribution is -0.143. The molecule has 0 saturated heterocycles. The molecule has 142 valence electrons. The molecule has 0 saturated carbocycles. The average Bonchev–Trinajstić information content (AvgIpc) is 2.61. The van der Waals surface area contributed by atoms with Gasteiger partial charge in [0.25, 0.3) is 0 Å². The summed E-state index contributed by atoms with van der Waals surface area (Å²) in [6, 6.07) is 2.56. The fourth-order valence-electron chi connectivity index (χ4n) is 1.99. The van der Waals surface area contributed by atoms with Crippen LogP contribution in [0.25, 0.3) is 0 Å². The van der Waals surface area contributed by atoms with Gasteiger partial charge in [-0.2, -0.15) is 0 Å². The van der Waals surface area contributed by atoms with Gasteiger partial charge in [0, 0.05) is 18.5 Å². The van der Waals surface area contributed by atoms with Gasteiger partial charge in [-0.15, -0.1) is 0 Å². The van der Waals surface area contributed by atoms with E-state index in [1.54, 1.807) is 0 Å². The Bertz CT molecular complexity index is 923. The van der Waals surface area contributed by atoms with E-state index in [-0.39, 0.29) is 12.3 Å². The minimum Gasteiger partial charge on any atom is -0.465 e. The van der Waals surface area contributed by atoms with E-state index in [9.17, 15) is 22.8 Å². The monoisotopic (exact) mass is 418 g/mol. The van der Waals surface area contributed by atoms with E-state index in [0.717, 1.165) is 24.5 Å². The zero-order chi connectivity index (χ0) is 20.1. The molecular formula is C17H11Cl2F3N2O3. The molecule has 1 aromatic heterocycles. The van der Waals surface area contributed by atoms with Gasteiger partial charge in [0.2, 0.25) is 0 Å². The van der Waals surface area contributed by atoms with Crippen molar-refractivity contribution in [3.05, 3.63) is 57.6 Å². The fourth-order valence-corrected chi connectivity index (χ4v) is 2.41. The Labute approximate surface area is 161 Å². The summed E-state index contributed by atoms with van der Waals surface area (Å²) in [7, 11) is 0. The number of ether oxygens (including phenoxy) is 1. The third-order valence-electron chi connectivity index (χ3n) is 3.28. The Kier molecular flexibility index (Phi) is 6.92. The van der Waals surface area contributed by atoms with Gasteiger partial charge in [-0.25, -0.2) is 18.2 Å². The molecule has 0 aliphatic heterocycles. The van der Waals surface area contributed by atoms with Crippen LogP contribution in [0.15, 0.2) is 29.4 Å². The van der Waals surface area contributed by atoms with Crippen molar-refractivity contribution in [1.29, 1.82) is 0 Å². The van der Waals surface area contributed by atoms with Crippen LogP contribution in [0.4, 0.5) is 18.9 Å². The second kappa shape index (κ2) is 8.96. The Morgan fingerprint density at radius 2 is 2.00 bits per heavy atom. The maximum atomic E-state index is 13.8. The van der Waals surface area contributed by atoms with Crippen LogP contribution < -0.4 is 0 Å². The first kappa shape index (κ1) is 20.9. The number of aliphatic imine (C=N–C) groups is 1. The molecule has 5 nitrogen and oxygen atoms in total. The summed E-state index contributed by atoms with van der Waals surface area (Å²) in [5.41, 5.74) is -0.743. The smallest absolute Gasteiger partial charge is 0.322 e. The minimum atomic E-state index is -1.66. The summed E-state index contributed by atoms with van der Waals surface area (Å²) in [4.78, 5) is 31.9. The van der Waals surface area contributed by atoms with Gasteiger partial charge in [-0.05, 0) is 19.1 Å². The second-order valence-corrected chi connectivity index (χ2v) is 5.79. The number of pyridine rings is 1. The third kappa shape index (κ3) is 4.84. The lowest BCUT2D eigenvalue weighted by Crippen LogP contribution is -2.28. The van der Waals surface area contributed by atoms with E-state index < -0.39 is 50.9 Å². The van der Waals surface area contributed by atoms with Crippen molar-refractivity contribution in [3.63, 3.8) is 0 Å². The van der Waals surface area contributed by atoms with Crippen LogP contribution in [0.2, 0.25) is 10.2 Å². The van der Waals surface area contributed by atoms with Crippen molar-refractivity contribution in [3.8, 4) is 0 Å². The molecule has 1 heterocycles. The molecule has 2 aromatic rings. The number of hydrogen-bond donors (Lipinski definition) is 0. The molecular weight excluding hydrogens is 408 g/mol. The molecule has 0 aliphatic rings. The molecule has 0 fully saturated rings. The molecule has 0 bridgehead atoms. The van der Waals surface area contributed by atoms with Crippen LogP contribution in [0, 0.1) is 23.4 Å². The van der Waals surface area contributed by atoms with E-state index in [1.165, 1.54) is 6.92 Å². The number of nitrogens with zero attached hydrogens (tertiary/aromatic N) is 2. The van der Waals surface area contributed by atoms with Crippen molar-refractivity contribution in [1.82, 2.24) is 4.98 Å². The third-order valence-corrected chi connectivity index (χ3v) is 3.91. The van der Waals surface area contributed by atoms with Gasteiger partial charge in [0.15, 0.2) is 28.5 Å². The molecule has 1 unspecified atom stereocenters. The predicted octanol–water partition coefficient (Wildman–Crippen LogP) is 4.57. The highest BCUT2D eigenvalue weighted by Gasteiger charge is 2.30. The first-order valence-electron chi connectivity index (χ1n) is 7.45.